The van der Waals surface area contributed by atoms with Crippen LogP contribution >= 0.6 is 43.2 Å². The first kappa shape index (κ1) is 10.6. The topological polar surface area (TPSA) is 12.9 Å². The molecule has 0 spiro atoms. The highest BCUT2D eigenvalue weighted by molar-refractivity contribution is 9.12. The van der Waals surface area contributed by atoms with Crippen molar-refractivity contribution in [3.8, 4) is 0 Å². The maximum absolute atomic E-state index is 3.90. The van der Waals surface area contributed by atoms with Crippen molar-refractivity contribution in [2.24, 2.45) is 0 Å². The van der Waals surface area contributed by atoms with E-state index in [-0.39, 0.29) is 0 Å². The van der Waals surface area contributed by atoms with Gasteiger partial charge in [0.05, 0.1) is 9.98 Å². The van der Waals surface area contributed by atoms with Crippen LogP contribution in [0, 0.1) is 0 Å². The molecular weight excluding hydrogens is 278 g/mol. The summed E-state index contributed by atoms with van der Waals surface area (Å²) < 4.78 is 1.97. The zero-order chi connectivity index (χ0) is 7.98. The van der Waals surface area contributed by atoms with Crippen LogP contribution < -0.4 is 0 Å². The highest BCUT2D eigenvalue weighted by Crippen LogP contribution is 2.22. The number of hydrogen-bond acceptors (Lipinski definition) is 2. The standard InChI is InChI=1S/C3HBr2NS.C3H8/c4-2-1-6-3(5)7-2;1-3-2/h1H;3H2,1-2H3. The van der Waals surface area contributed by atoms with Crippen molar-refractivity contribution in [2.45, 2.75) is 20.3 Å². The van der Waals surface area contributed by atoms with E-state index in [0.717, 1.165) is 7.70 Å². The Morgan fingerprint density at radius 3 is 2.10 bits per heavy atom. The van der Waals surface area contributed by atoms with E-state index in [1.165, 1.54) is 6.42 Å². The average molecular weight is 287 g/mol. The van der Waals surface area contributed by atoms with Gasteiger partial charge in [-0.05, 0) is 31.9 Å². The molecule has 0 saturated carbocycles. The van der Waals surface area contributed by atoms with E-state index in [4.69, 9.17) is 0 Å². The van der Waals surface area contributed by atoms with E-state index in [2.05, 4.69) is 50.7 Å². The van der Waals surface area contributed by atoms with Gasteiger partial charge in [-0.1, -0.05) is 20.3 Å². The van der Waals surface area contributed by atoms with Crippen LogP contribution in [-0.2, 0) is 0 Å². The Kier molecular flexibility index (Phi) is 6.68. The van der Waals surface area contributed by atoms with E-state index in [1.54, 1.807) is 17.5 Å². The molecule has 0 aliphatic carbocycles. The van der Waals surface area contributed by atoms with Crippen molar-refractivity contribution in [1.82, 2.24) is 4.98 Å². The van der Waals surface area contributed by atoms with Crippen molar-refractivity contribution in [1.29, 1.82) is 0 Å². The molecule has 0 N–H and O–H groups in total. The van der Waals surface area contributed by atoms with Gasteiger partial charge >= 0.3 is 0 Å². The Balaban J connectivity index is 0.000000236. The molecule has 1 rings (SSSR count). The van der Waals surface area contributed by atoms with Gasteiger partial charge < -0.3 is 0 Å². The first-order chi connectivity index (χ1) is 4.70. The molecule has 58 valence electrons. The summed E-state index contributed by atoms with van der Waals surface area (Å²) in [6.07, 6.45) is 3.01. The second kappa shape index (κ2) is 6.31. The maximum atomic E-state index is 3.90. The molecule has 0 aliphatic heterocycles. The first-order valence-corrected chi connectivity index (χ1v) is 5.37. The van der Waals surface area contributed by atoms with E-state index in [0.29, 0.717) is 0 Å². The van der Waals surface area contributed by atoms with E-state index >= 15 is 0 Å². The van der Waals surface area contributed by atoms with Gasteiger partial charge in [0.25, 0.3) is 0 Å². The van der Waals surface area contributed by atoms with Crippen molar-refractivity contribution < 1.29 is 0 Å². The lowest BCUT2D eigenvalue weighted by Crippen LogP contribution is -1.48. The van der Waals surface area contributed by atoms with E-state index < -0.39 is 0 Å². The lowest BCUT2D eigenvalue weighted by atomic mass is 10.6. The minimum Gasteiger partial charge on any atom is -0.236 e. The fourth-order valence-corrected chi connectivity index (χ4v) is 2.45. The Morgan fingerprint density at radius 1 is 1.50 bits per heavy atom. The molecule has 1 aromatic heterocycles. The van der Waals surface area contributed by atoms with Crippen LogP contribution in [0.4, 0.5) is 0 Å². The molecule has 10 heavy (non-hydrogen) atoms. The van der Waals surface area contributed by atoms with Crippen LogP contribution in [0.5, 0.6) is 0 Å². The highest BCUT2D eigenvalue weighted by atomic mass is 79.9. The summed E-state index contributed by atoms with van der Waals surface area (Å²) in [6.45, 7) is 4.25. The summed E-state index contributed by atoms with van der Waals surface area (Å²) in [5, 5.41) is 0. The Labute approximate surface area is 82.1 Å². The van der Waals surface area contributed by atoms with Crippen LogP contribution in [0.2, 0.25) is 0 Å². The van der Waals surface area contributed by atoms with Gasteiger partial charge in [-0.25, -0.2) is 4.98 Å². The van der Waals surface area contributed by atoms with Crippen molar-refractivity contribution >= 4 is 43.2 Å². The van der Waals surface area contributed by atoms with Crippen LogP contribution in [0.15, 0.2) is 13.9 Å². The number of aromatic nitrogens is 1. The molecule has 1 heterocycles. The minimum atomic E-state index is 0.916. The molecule has 0 aliphatic rings. The third kappa shape index (κ3) is 5.38. The zero-order valence-corrected chi connectivity index (χ0v) is 9.88. The van der Waals surface area contributed by atoms with Crippen LogP contribution in [0.3, 0.4) is 0 Å². The van der Waals surface area contributed by atoms with Gasteiger partial charge in [-0.3, -0.25) is 0 Å². The third-order valence-corrected chi connectivity index (χ3v) is 2.40. The molecule has 0 radical (unpaired) electrons. The average Bonchev–Trinajstić information content (AvgIpc) is 2.17. The summed E-state index contributed by atoms with van der Waals surface area (Å²) >= 11 is 8.03. The summed E-state index contributed by atoms with van der Waals surface area (Å²) in [5.41, 5.74) is 0. The van der Waals surface area contributed by atoms with Gasteiger partial charge in [0, 0.05) is 0 Å². The Bertz CT molecular complexity index is 160. The fraction of sp³-hybridized carbons (Fsp3) is 0.500. The van der Waals surface area contributed by atoms with Crippen LogP contribution in [0.25, 0.3) is 0 Å². The maximum Gasteiger partial charge on any atom is 0.160 e. The van der Waals surface area contributed by atoms with E-state index in [1.807, 2.05) is 0 Å². The molecule has 0 amide bonds. The number of thiazole rings is 1. The van der Waals surface area contributed by atoms with Crippen molar-refractivity contribution in [3.63, 3.8) is 0 Å². The highest BCUT2D eigenvalue weighted by Gasteiger charge is 1.89. The molecule has 0 bridgehead atoms. The van der Waals surface area contributed by atoms with Gasteiger partial charge in [0.15, 0.2) is 3.92 Å². The number of halogens is 2. The molecule has 0 aromatic carbocycles. The molecule has 1 aromatic rings. The summed E-state index contributed by atoms with van der Waals surface area (Å²) in [4.78, 5) is 3.90. The number of rotatable bonds is 0. The normalized spacial score (nSPS) is 8.40. The van der Waals surface area contributed by atoms with Crippen LogP contribution in [0.1, 0.15) is 20.3 Å². The smallest absolute Gasteiger partial charge is 0.160 e. The summed E-state index contributed by atoms with van der Waals surface area (Å²) in [6, 6.07) is 0. The third-order valence-electron chi connectivity index (χ3n) is 0.449. The number of nitrogens with zero attached hydrogens (tertiary/aromatic N) is 1. The lowest BCUT2D eigenvalue weighted by Gasteiger charge is -1.64. The van der Waals surface area contributed by atoms with Crippen molar-refractivity contribution in [2.75, 3.05) is 0 Å². The molecule has 0 saturated heterocycles. The van der Waals surface area contributed by atoms with Gasteiger partial charge in [-0.2, -0.15) is 0 Å². The fourth-order valence-electron chi connectivity index (χ4n) is 0.235. The molecular formula is C6H9Br2NS. The molecule has 0 unspecified atom stereocenters. The molecule has 1 nitrogen and oxygen atoms in total. The first-order valence-electron chi connectivity index (χ1n) is 2.97. The summed E-state index contributed by atoms with van der Waals surface area (Å²) in [5.74, 6) is 0. The van der Waals surface area contributed by atoms with Gasteiger partial charge in [0.1, 0.15) is 0 Å². The quantitative estimate of drug-likeness (QED) is 0.700. The Hall–Kier alpha value is 0.590. The van der Waals surface area contributed by atoms with Gasteiger partial charge in [-0.15, -0.1) is 11.3 Å². The van der Waals surface area contributed by atoms with E-state index in [9.17, 15) is 0 Å². The monoisotopic (exact) mass is 285 g/mol. The molecule has 0 fully saturated rings. The SMILES string of the molecule is Brc1cnc(Br)s1.CCC. The molecule has 4 heteroatoms. The predicted octanol–water partition coefficient (Wildman–Crippen LogP) is 4.08. The predicted molar refractivity (Wildman–Crippen MR) is 53.5 cm³/mol. The second-order valence-electron chi connectivity index (χ2n) is 1.62. The zero-order valence-electron chi connectivity index (χ0n) is 5.90. The van der Waals surface area contributed by atoms with Gasteiger partial charge in [0.2, 0.25) is 0 Å². The minimum absolute atomic E-state index is 0.916. The summed E-state index contributed by atoms with van der Waals surface area (Å²) in [7, 11) is 0. The molecule has 0 atom stereocenters. The number of hydrogen-bond donors (Lipinski definition) is 0. The second-order valence-corrected chi connectivity index (χ2v) is 5.31. The van der Waals surface area contributed by atoms with Crippen LogP contribution in [-0.4, -0.2) is 4.98 Å². The largest absolute Gasteiger partial charge is 0.236 e. The van der Waals surface area contributed by atoms with Crippen molar-refractivity contribution in [3.05, 3.63) is 13.9 Å². The lowest BCUT2D eigenvalue weighted by molar-refractivity contribution is 1.09. The Morgan fingerprint density at radius 2 is 2.00 bits per heavy atom.